The highest BCUT2D eigenvalue weighted by atomic mass is 32.2. The topological polar surface area (TPSA) is 84.9 Å². The van der Waals surface area contributed by atoms with Crippen molar-refractivity contribution in [2.75, 3.05) is 24.6 Å². The summed E-state index contributed by atoms with van der Waals surface area (Å²) < 4.78 is 38.8. The van der Waals surface area contributed by atoms with Gasteiger partial charge < -0.3 is 14.8 Å². The summed E-state index contributed by atoms with van der Waals surface area (Å²) in [5.74, 6) is 0.937. The molecular formula is C26H30N2O5S. The van der Waals surface area contributed by atoms with Crippen LogP contribution >= 0.6 is 0 Å². The molecule has 0 heterocycles. The molecule has 0 fully saturated rings. The van der Waals surface area contributed by atoms with Crippen molar-refractivity contribution in [3.63, 3.8) is 0 Å². The number of methoxy groups -OCH3 is 1. The zero-order valence-corrected chi connectivity index (χ0v) is 20.6. The van der Waals surface area contributed by atoms with Crippen molar-refractivity contribution in [3.05, 3.63) is 83.9 Å². The van der Waals surface area contributed by atoms with Gasteiger partial charge in [-0.3, -0.25) is 9.10 Å². The van der Waals surface area contributed by atoms with Crippen molar-refractivity contribution < 1.29 is 22.7 Å². The first kappa shape index (κ1) is 25.1. The maximum Gasteiger partial charge on any atom is 0.264 e. The predicted octanol–water partition coefficient (Wildman–Crippen LogP) is 4.09. The summed E-state index contributed by atoms with van der Waals surface area (Å²) in [6.07, 6.45) is 0. The lowest BCUT2D eigenvalue weighted by molar-refractivity contribution is -0.120. The van der Waals surface area contributed by atoms with Gasteiger partial charge in [0.2, 0.25) is 5.91 Å². The smallest absolute Gasteiger partial charge is 0.264 e. The molecule has 0 aromatic heterocycles. The predicted molar refractivity (Wildman–Crippen MR) is 133 cm³/mol. The van der Waals surface area contributed by atoms with E-state index in [-0.39, 0.29) is 24.1 Å². The van der Waals surface area contributed by atoms with E-state index in [0.29, 0.717) is 11.4 Å². The van der Waals surface area contributed by atoms with Crippen molar-refractivity contribution in [1.82, 2.24) is 5.32 Å². The Kier molecular flexibility index (Phi) is 8.17. The number of benzene rings is 3. The van der Waals surface area contributed by atoms with Crippen LogP contribution in [0.5, 0.6) is 11.5 Å². The summed E-state index contributed by atoms with van der Waals surface area (Å²) in [6.45, 7) is 5.47. The van der Waals surface area contributed by atoms with Crippen molar-refractivity contribution in [2.45, 2.75) is 31.7 Å². The lowest BCUT2D eigenvalue weighted by atomic mass is 10.2. The molecule has 1 amide bonds. The highest BCUT2D eigenvalue weighted by Gasteiger charge is 2.27. The molecule has 0 aliphatic rings. The van der Waals surface area contributed by atoms with Gasteiger partial charge in [0.05, 0.1) is 23.7 Å². The number of ether oxygens (including phenoxy) is 2. The second kappa shape index (κ2) is 11.1. The second-order valence-electron chi connectivity index (χ2n) is 8.12. The molecule has 0 saturated carbocycles. The average molecular weight is 483 g/mol. The Hall–Kier alpha value is -3.52. The van der Waals surface area contributed by atoms with Crippen LogP contribution in [0.3, 0.4) is 0 Å². The van der Waals surface area contributed by atoms with Gasteiger partial charge in [-0.1, -0.05) is 35.4 Å². The molecule has 0 bridgehead atoms. The molecule has 8 heteroatoms. The minimum Gasteiger partial charge on any atom is -0.497 e. The van der Waals surface area contributed by atoms with Gasteiger partial charge in [-0.2, -0.15) is 0 Å². The first-order chi connectivity index (χ1) is 16.2. The number of nitrogens with zero attached hydrogens (tertiary/aromatic N) is 1. The molecule has 3 rings (SSSR count). The summed E-state index contributed by atoms with van der Waals surface area (Å²) in [4.78, 5) is 13.0. The fraction of sp³-hybridized carbons (Fsp3) is 0.269. The molecule has 0 saturated heterocycles. The summed E-state index contributed by atoms with van der Waals surface area (Å²) in [7, 11) is -2.36. The molecule has 7 nitrogen and oxygen atoms in total. The summed E-state index contributed by atoms with van der Waals surface area (Å²) >= 11 is 0. The maximum atomic E-state index is 13.4. The third kappa shape index (κ3) is 6.51. The first-order valence-corrected chi connectivity index (χ1v) is 12.4. The minimum absolute atomic E-state index is 0.127. The Labute approximate surface area is 201 Å². The van der Waals surface area contributed by atoms with Gasteiger partial charge in [0, 0.05) is 0 Å². The Morgan fingerprint density at radius 1 is 0.882 bits per heavy atom. The fourth-order valence-electron chi connectivity index (χ4n) is 3.25. The van der Waals surface area contributed by atoms with Crippen LogP contribution in [0, 0.1) is 13.8 Å². The van der Waals surface area contributed by atoms with E-state index >= 15 is 0 Å². The number of nitrogens with one attached hydrogen (secondary N) is 1. The third-order valence-electron chi connectivity index (χ3n) is 5.18. The highest BCUT2D eigenvalue weighted by molar-refractivity contribution is 7.92. The molecule has 34 heavy (non-hydrogen) atoms. The molecule has 0 spiro atoms. The van der Waals surface area contributed by atoms with Gasteiger partial charge in [-0.15, -0.1) is 0 Å². The van der Waals surface area contributed by atoms with E-state index in [1.807, 2.05) is 26.0 Å². The number of anilines is 1. The zero-order chi connectivity index (χ0) is 24.7. The summed E-state index contributed by atoms with van der Waals surface area (Å²) in [5, 5.41) is 2.82. The molecular weight excluding hydrogens is 452 g/mol. The van der Waals surface area contributed by atoms with Crippen LogP contribution in [0.2, 0.25) is 0 Å². The number of hydrogen-bond donors (Lipinski definition) is 1. The number of amides is 1. The van der Waals surface area contributed by atoms with Crippen LogP contribution in [-0.2, 0) is 14.8 Å². The quantitative estimate of drug-likeness (QED) is 0.471. The van der Waals surface area contributed by atoms with E-state index in [9.17, 15) is 13.2 Å². The van der Waals surface area contributed by atoms with Gasteiger partial charge in [-0.05, 0) is 69.3 Å². The van der Waals surface area contributed by atoms with E-state index in [1.165, 1.54) is 0 Å². The minimum atomic E-state index is -3.95. The molecule has 1 unspecified atom stereocenters. The Bertz CT molecular complexity index is 1190. The second-order valence-corrected chi connectivity index (χ2v) is 9.98. The molecule has 3 aromatic rings. The Morgan fingerprint density at radius 2 is 1.41 bits per heavy atom. The van der Waals surface area contributed by atoms with E-state index < -0.39 is 15.9 Å². The van der Waals surface area contributed by atoms with Gasteiger partial charge in [0.1, 0.15) is 24.7 Å². The largest absolute Gasteiger partial charge is 0.497 e. The number of rotatable bonds is 10. The lowest BCUT2D eigenvalue weighted by Crippen LogP contribution is -2.45. The van der Waals surface area contributed by atoms with E-state index in [2.05, 4.69) is 5.32 Å². The summed E-state index contributed by atoms with van der Waals surface area (Å²) in [5.41, 5.74) is 2.36. The van der Waals surface area contributed by atoms with Crippen LogP contribution in [-0.4, -0.2) is 40.6 Å². The van der Waals surface area contributed by atoms with Crippen LogP contribution in [0.25, 0.3) is 0 Å². The summed E-state index contributed by atoms with van der Waals surface area (Å²) in [6, 6.07) is 20.4. The third-order valence-corrected chi connectivity index (χ3v) is 6.97. The standard InChI is InChI=1S/C26H30N2O5S/c1-19-5-9-22(10-6-19)28(34(30,31)25-15-7-20(2)8-16-25)17-26(29)27-21(3)18-33-24-13-11-23(32-4)12-14-24/h5-16,21H,17-18H2,1-4H3,(H,27,29). The molecule has 0 aliphatic carbocycles. The SMILES string of the molecule is COc1ccc(OCC(C)NC(=O)CN(c2ccc(C)cc2)S(=O)(=O)c2ccc(C)cc2)cc1. The first-order valence-electron chi connectivity index (χ1n) is 10.9. The maximum absolute atomic E-state index is 13.4. The van der Waals surface area contributed by atoms with Crippen molar-refractivity contribution >= 4 is 21.6 Å². The molecule has 1 N–H and O–H groups in total. The number of aryl methyl sites for hydroxylation is 2. The molecule has 3 aromatic carbocycles. The molecule has 180 valence electrons. The number of hydrogen-bond acceptors (Lipinski definition) is 5. The Balaban J connectivity index is 1.71. The molecule has 0 radical (unpaired) electrons. The Morgan fingerprint density at radius 3 is 1.97 bits per heavy atom. The fourth-order valence-corrected chi connectivity index (χ4v) is 4.67. The molecule has 0 aliphatic heterocycles. The van der Waals surface area contributed by atoms with Gasteiger partial charge in [0.15, 0.2) is 0 Å². The van der Waals surface area contributed by atoms with Crippen LogP contribution in [0.15, 0.2) is 77.7 Å². The van der Waals surface area contributed by atoms with Gasteiger partial charge in [-0.25, -0.2) is 8.42 Å². The number of sulfonamides is 1. The van der Waals surface area contributed by atoms with Crippen molar-refractivity contribution in [1.29, 1.82) is 0 Å². The number of carbonyl (C=O) groups is 1. The van der Waals surface area contributed by atoms with Crippen LogP contribution in [0.1, 0.15) is 18.1 Å². The van der Waals surface area contributed by atoms with E-state index in [4.69, 9.17) is 9.47 Å². The lowest BCUT2D eigenvalue weighted by Gasteiger charge is -2.25. The van der Waals surface area contributed by atoms with Crippen LogP contribution in [0.4, 0.5) is 5.69 Å². The average Bonchev–Trinajstić information content (AvgIpc) is 2.82. The highest BCUT2D eigenvalue weighted by Crippen LogP contribution is 2.24. The number of carbonyl (C=O) groups excluding carboxylic acids is 1. The van der Waals surface area contributed by atoms with Gasteiger partial charge >= 0.3 is 0 Å². The van der Waals surface area contributed by atoms with Crippen molar-refractivity contribution in [3.8, 4) is 11.5 Å². The normalized spacial score (nSPS) is 12.0. The molecule has 1 atom stereocenters. The van der Waals surface area contributed by atoms with Crippen LogP contribution < -0.4 is 19.1 Å². The van der Waals surface area contributed by atoms with Gasteiger partial charge in [0.25, 0.3) is 10.0 Å². The monoisotopic (exact) mass is 482 g/mol. The van der Waals surface area contributed by atoms with Crippen molar-refractivity contribution in [2.24, 2.45) is 0 Å². The van der Waals surface area contributed by atoms with E-state index in [0.717, 1.165) is 21.2 Å². The van der Waals surface area contributed by atoms with E-state index in [1.54, 1.807) is 74.7 Å². The zero-order valence-electron chi connectivity index (χ0n) is 19.8.